The summed E-state index contributed by atoms with van der Waals surface area (Å²) in [6.07, 6.45) is 0. The number of hydrogen-bond acceptors (Lipinski definition) is 4. The number of carboxylic acids is 1. The maximum atomic E-state index is 10.3. The highest BCUT2D eigenvalue weighted by Crippen LogP contribution is 1.82. The Bertz CT molecular complexity index is 161. The normalized spacial score (nSPS) is 13.5. The number of carbonyl (C=O) groups is 2. The maximum absolute atomic E-state index is 10.3. The van der Waals surface area contributed by atoms with Gasteiger partial charge in [0.2, 0.25) is 0 Å². The standard InChI is InChI=1S/C5H9NO4/c1-3(7)10-2-4(6)5(8)9/h4H,2,6H2,1H3,(H,8,9)/t4-/m0/s1/i1D. The van der Waals surface area contributed by atoms with Gasteiger partial charge in [-0.3, -0.25) is 9.59 Å². The number of esters is 1. The fourth-order valence-corrected chi connectivity index (χ4v) is 0.254. The van der Waals surface area contributed by atoms with E-state index in [-0.39, 0.29) is 6.61 Å². The fourth-order valence-electron chi connectivity index (χ4n) is 0.254. The number of hydrogen-bond donors (Lipinski definition) is 2. The molecule has 0 saturated heterocycles. The molecule has 58 valence electrons. The molecule has 0 aromatic carbocycles. The van der Waals surface area contributed by atoms with Gasteiger partial charge in [-0.05, 0) is 0 Å². The first-order chi connectivity index (χ1) is 5.07. The van der Waals surface area contributed by atoms with E-state index in [1.807, 2.05) is 0 Å². The third kappa shape index (κ3) is 3.85. The van der Waals surface area contributed by atoms with Crippen LogP contribution in [0.25, 0.3) is 0 Å². The van der Waals surface area contributed by atoms with Crippen molar-refractivity contribution < 1.29 is 20.8 Å². The molecule has 0 unspecified atom stereocenters. The molecule has 0 aromatic heterocycles. The molecule has 5 nitrogen and oxygen atoms in total. The van der Waals surface area contributed by atoms with Gasteiger partial charge >= 0.3 is 11.9 Å². The number of carbonyl (C=O) groups excluding carboxylic acids is 1. The van der Waals surface area contributed by atoms with E-state index in [0.29, 0.717) is 0 Å². The molecule has 0 saturated carbocycles. The monoisotopic (exact) mass is 148 g/mol. The SMILES string of the molecule is [2H]CC(=O)OC[C@H](N)C(=O)O. The summed E-state index contributed by atoms with van der Waals surface area (Å²) in [5.74, 6) is -2.01. The Morgan fingerprint density at radius 1 is 1.90 bits per heavy atom. The van der Waals surface area contributed by atoms with Gasteiger partial charge in [-0.25, -0.2) is 0 Å². The molecule has 0 aliphatic heterocycles. The molecule has 10 heavy (non-hydrogen) atoms. The largest absolute Gasteiger partial charge is 0.480 e. The minimum atomic E-state index is -1.23. The summed E-state index contributed by atoms with van der Waals surface area (Å²) >= 11 is 0. The van der Waals surface area contributed by atoms with E-state index in [0.717, 1.165) is 0 Å². The molecule has 0 fully saturated rings. The first-order valence-corrected chi connectivity index (χ1v) is 2.51. The molecule has 0 amide bonds. The number of carboxylic acid groups (broad SMARTS) is 1. The second-order valence-corrected chi connectivity index (χ2v) is 1.63. The summed E-state index contributed by atoms with van der Waals surface area (Å²) < 4.78 is 10.8. The Balaban J connectivity index is 3.54. The van der Waals surface area contributed by atoms with Crippen LogP contribution in [0.4, 0.5) is 0 Å². The summed E-state index contributed by atoms with van der Waals surface area (Å²) in [7, 11) is 0. The quantitative estimate of drug-likeness (QED) is 0.499. The van der Waals surface area contributed by atoms with Crippen LogP contribution >= 0.6 is 0 Å². The highest BCUT2D eigenvalue weighted by molar-refractivity contribution is 5.74. The predicted octanol–water partition coefficient (Wildman–Crippen LogP) is -1.04. The molecular formula is C5H9NO4. The Morgan fingerprint density at radius 2 is 2.50 bits per heavy atom. The van der Waals surface area contributed by atoms with Gasteiger partial charge in [0, 0.05) is 8.27 Å². The van der Waals surface area contributed by atoms with Crippen LogP contribution in [0.1, 0.15) is 8.27 Å². The van der Waals surface area contributed by atoms with Crippen LogP contribution in [0.15, 0.2) is 0 Å². The van der Waals surface area contributed by atoms with Crippen LogP contribution in [-0.2, 0) is 14.3 Å². The molecule has 0 aromatic rings. The van der Waals surface area contributed by atoms with Crippen LogP contribution in [0.5, 0.6) is 0 Å². The van der Waals surface area contributed by atoms with Crippen LogP contribution in [0.2, 0.25) is 0 Å². The lowest BCUT2D eigenvalue weighted by Gasteiger charge is -2.04. The number of ether oxygens (including phenoxy) is 1. The first-order valence-electron chi connectivity index (χ1n) is 3.22. The topological polar surface area (TPSA) is 89.6 Å². The van der Waals surface area contributed by atoms with E-state index >= 15 is 0 Å². The lowest BCUT2D eigenvalue weighted by Crippen LogP contribution is -2.35. The minimum absolute atomic E-state index is 0.382. The average Bonchev–Trinajstić information content (AvgIpc) is 1.99. The summed E-state index contributed by atoms with van der Waals surface area (Å²) in [5, 5.41) is 8.20. The van der Waals surface area contributed by atoms with Crippen molar-refractivity contribution in [3.05, 3.63) is 0 Å². The molecular weight excluding hydrogens is 138 g/mol. The Kier molecular flexibility index (Phi) is 2.69. The molecule has 0 radical (unpaired) electrons. The fraction of sp³-hybridized carbons (Fsp3) is 0.600. The number of aliphatic carboxylic acids is 1. The van der Waals surface area contributed by atoms with Gasteiger partial charge in [0.1, 0.15) is 12.6 Å². The van der Waals surface area contributed by atoms with Crippen molar-refractivity contribution in [2.45, 2.75) is 12.9 Å². The van der Waals surface area contributed by atoms with Gasteiger partial charge in [-0.2, -0.15) is 0 Å². The van der Waals surface area contributed by atoms with E-state index in [1.54, 1.807) is 0 Å². The van der Waals surface area contributed by atoms with Crippen molar-refractivity contribution in [1.82, 2.24) is 0 Å². The molecule has 5 heteroatoms. The molecule has 0 bridgehead atoms. The number of nitrogens with two attached hydrogens (primary N) is 1. The highest BCUT2D eigenvalue weighted by atomic mass is 16.5. The Morgan fingerprint density at radius 3 is 2.90 bits per heavy atom. The van der Waals surface area contributed by atoms with Gasteiger partial charge in [0.05, 0.1) is 0 Å². The minimum Gasteiger partial charge on any atom is -0.480 e. The van der Waals surface area contributed by atoms with Gasteiger partial charge in [0.25, 0.3) is 0 Å². The first kappa shape index (κ1) is 7.01. The maximum Gasteiger partial charge on any atom is 0.324 e. The molecule has 0 spiro atoms. The van der Waals surface area contributed by atoms with Crippen LogP contribution in [0.3, 0.4) is 0 Å². The predicted molar refractivity (Wildman–Crippen MR) is 32.2 cm³/mol. The van der Waals surface area contributed by atoms with Crippen molar-refractivity contribution in [1.29, 1.82) is 0 Å². The van der Waals surface area contributed by atoms with Crippen molar-refractivity contribution in [2.24, 2.45) is 5.73 Å². The van der Waals surface area contributed by atoms with Crippen molar-refractivity contribution in [2.75, 3.05) is 6.61 Å². The van der Waals surface area contributed by atoms with Crippen molar-refractivity contribution in [3.8, 4) is 0 Å². The van der Waals surface area contributed by atoms with E-state index in [4.69, 9.17) is 12.2 Å². The van der Waals surface area contributed by atoms with Crippen LogP contribution in [0, 0.1) is 0 Å². The molecule has 0 aliphatic rings. The van der Waals surface area contributed by atoms with E-state index in [1.165, 1.54) is 0 Å². The molecule has 3 N–H and O–H groups in total. The van der Waals surface area contributed by atoms with Gasteiger partial charge in [-0.15, -0.1) is 0 Å². The second-order valence-electron chi connectivity index (χ2n) is 1.63. The third-order valence-corrected chi connectivity index (χ3v) is 0.741. The van der Waals surface area contributed by atoms with Gasteiger partial charge < -0.3 is 15.6 Å². The van der Waals surface area contributed by atoms with Crippen molar-refractivity contribution >= 4 is 11.9 Å². The van der Waals surface area contributed by atoms with Gasteiger partial charge in [-0.1, -0.05) is 0 Å². The second kappa shape index (κ2) is 3.84. The van der Waals surface area contributed by atoms with Crippen molar-refractivity contribution in [3.63, 3.8) is 0 Å². The van der Waals surface area contributed by atoms with Crippen LogP contribution < -0.4 is 5.73 Å². The molecule has 0 heterocycles. The number of rotatable bonds is 3. The summed E-state index contributed by atoms with van der Waals surface area (Å²) in [5.41, 5.74) is 4.98. The third-order valence-electron chi connectivity index (χ3n) is 0.741. The Hall–Kier alpha value is -1.10. The molecule has 1 atom stereocenters. The summed E-state index contributed by atoms with van der Waals surface area (Å²) in [4.78, 5) is 20.3. The smallest absolute Gasteiger partial charge is 0.324 e. The Labute approximate surface area is 59.2 Å². The zero-order valence-corrected chi connectivity index (χ0v) is 5.24. The lowest BCUT2D eigenvalue weighted by molar-refractivity contribution is -0.146. The average molecular weight is 148 g/mol. The van der Waals surface area contributed by atoms with E-state index in [2.05, 4.69) is 4.74 Å². The lowest BCUT2D eigenvalue weighted by atomic mass is 10.3. The van der Waals surface area contributed by atoms with Gasteiger partial charge in [0.15, 0.2) is 0 Å². The molecule has 0 rings (SSSR count). The van der Waals surface area contributed by atoms with Crippen LogP contribution in [-0.4, -0.2) is 29.7 Å². The zero-order chi connectivity index (χ0) is 8.85. The van der Waals surface area contributed by atoms with E-state index in [9.17, 15) is 9.59 Å². The molecule has 0 aliphatic carbocycles. The summed E-state index contributed by atoms with van der Waals surface area (Å²) in [6, 6.07) is -1.20. The van der Waals surface area contributed by atoms with E-state index < -0.39 is 24.9 Å². The zero-order valence-electron chi connectivity index (χ0n) is 6.24. The summed E-state index contributed by atoms with van der Waals surface area (Å²) in [6.45, 7) is -0.903. The highest BCUT2D eigenvalue weighted by Gasteiger charge is 2.11.